The Balaban J connectivity index is 2.52. The molecule has 78 valence electrons. The van der Waals surface area contributed by atoms with Gasteiger partial charge in [-0.1, -0.05) is 29.8 Å². The number of hydrogen-bond donors (Lipinski definition) is 1. The van der Waals surface area contributed by atoms with E-state index in [4.69, 9.17) is 11.6 Å². The molecule has 3 heteroatoms. The van der Waals surface area contributed by atoms with E-state index >= 15 is 0 Å². The molecule has 2 rings (SSSR count). The summed E-state index contributed by atoms with van der Waals surface area (Å²) in [5.74, 6) is 0. The maximum atomic E-state index is 9.32. The van der Waals surface area contributed by atoms with Crippen LogP contribution >= 0.6 is 11.6 Å². The van der Waals surface area contributed by atoms with Crippen molar-refractivity contribution in [2.45, 2.75) is 19.4 Å². The number of rotatable bonds is 2. The average Bonchev–Trinajstić information content (AvgIpc) is 2.18. The van der Waals surface area contributed by atoms with Gasteiger partial charge in [0.15, 0.2) is 0 Å². The highest BCUT2D eigenvalue weighted by molar-refractivity contribution is 6.30. The predicted molar refractivity (Wildman–Crippen MR) is 62.1 cm³/mol. The summed E-state index contributed by atoms with van der Waals surface area (Å²) in [5.41, 5.74) is 1.78. The summed E-state index contributed by atoms with van der Waals surface area (Å²) in [5, 5.41) is 10.9. The molecule has 1 N–H and O–H groups in total. The van der Waals surface area contributed by atoms with Crippen molar-refractivity contribution in [3.05, 3.63) is 41.0 Å². The minimum atomic E-state index is -0.398. The highest BCUT2D eigenvalue weighted by Gasteiger charge is 2.06. The highest BCUT2D eigenvalue weighted by atomic mass is 35.5. The number of nitrogens with zero attached hydrogens (tertiary/aromatic N) is 1. The normalized spacial score (nSPS) is 13.0. The van der Waals surface area contributed by atoms with Crippen LogP contribution in [0.2, 0.25) is 5.15 Å². The number of halogens is 1. The van der Waals surface area contributed by atoms with Crippen molar-refractivity contribution in [2.24, 2.45) is 0 Å². The van der Waals surface area contributed by atoms with Crippen molar-refractivity contribution in [3.63, 3.8) is 0 Å². The third-order valence-electron chi connectivity index (χ3n) is 2.27. The molecule has 0 aliphatic carbocycles. The van der Waals surface area contributed by atoms with Gasteiger partial charge in [0.05, 0.1) is 11.6 Å². The number of pyridine rings is 1. The van der Waals surface area contributed by atoms with Crippen molar-refractivity contribution in [2.75, 3.05) is 0 Å². The van der Waals surface area contributed by atoms with Gasteiger partial charge in [-0.15, -0.1) is 0 Å². The highest BCUT2D eigenvalue weighted by Crippen LogP contribution is 2.21. The molecule has 0 radical (unpaired) electrons. The van der Waals surface area contributed by atoms with Crippen LogP contribution in [0.1, 0.15) is 12.5 Å². The molecule has 2 nitrogen and oxygen atoms in total. The first-order valence-electron chi connectivity index (χ1n) is 4.89. The first kappa shape index (κ1) is 10.4. The Morgan fingerprint density at radius 3 is 2.87 bits per heavy atom. The lowest BCUT2D eigenvalue weighted by Crippen LogP contribution is -2.05. The van der Waals surface area contributed by atoms with E-state index in [9.17, 15) is 5.11 Å². The van der Waals surface area contributed by atoms with Gasteiger partial charge in [-0.3, -0.25) is 0 Å². The zero-order valence-corrected chi connectivity index (χ0v) is 9.20. The third kappa shape index (κ3) is 2.28. The van der Waals surface area contributed by atoms with Gasteiger partial charge < -0.3 is 5.11 Å². The minimum Gasteiger partial charge on any atom is -0.393 e. The minimum absolute atomic E-state index is 0.398. The van der Waals surface area contributed by atoms with Gasteiger partial charge in [-0.05, 0) is 24.6 Å². The van der Waals surface area contributed by atoms with Crippen LogP contribution in [0, 0.1) is 0 Å². The van der Waals surface area contributed by atoms with E-state index in [0.29, 0.717) is 11.6 Å². The van der Waals surface area contributed by atoms with Crippen LogP contribution in [0.5, 0.6) is 0 Å². The summed E-state index contributed by atoms with van der Waals surface area (Å²) in [4.78, 5) is 4.28. The number of aliphatic hydroxyl groups is 1. The molecule has 0 bridgehead atoms. The average molecular weight is 222 g/mol. The molecule has 0 aliphatic heterocycles. The molecule has 1 aromatic carbocycles. The number of aliphatic hydroxyl groups excluding tert-OH is 1. The van der Waals surface area contributed by atoms with Crippen LogP contribution in [0.25, 0.3) is 10.9 Å². The molecule has 15 heavy (non-hydrogen) atoms. The van der Waals surface area contributed by atoms with Crippen LogP contribution in [-0.2, 0) is 6.42 Å². The number of aromatic nitrogens is 1. The van der Waals surface area contributed by atoms with Gasteiger partial charge in [0, 0.05) is 11.8 Å². The first-order chi connectivity index (χ1) is 7.16. The Hall–Kier alpha value is -1.12. The molecule has 0 amide bonds. The van der Waals surface area contributed by atoms with Crippen LogP contribution in [0.3, 0.4) is 0 Å². The second kappa shape index (κ2) is 4.17. The summed E-state index contributed by atoms with van der Waals surface area (Å²) in [6, 6.07) is 9.79. The Bertz CT molecular complexity index is 482. The molecular formula is C12H12ClNO. The molecular weight excluding hydrogens is 210 g/mol. The quantitative estimate of drug-likeness (QED) is 0.792. The molecule has 1 atom stereocenters. The summed E-state index contributed by atoms with van der Waals surface area (Å²) < 4.78 is 0. The van der Waals surface area contributed by atoms with E-state index in [1.54, 1.807) is 6.92 Å². The maximum Gasteiger partial charge on any atom is 0.133 e. The van der Waals surface area contributed by atoms with Crippen molar-refractivity contribution in [1.82, 2.24) is 4.98 Å². The maximum absolute atomic E-state index is 9.32. The Morgan fingerprint density at radius 1 is 1.40 bits per heavy atom. The number of fused-ring (bicyclic) bond motifs is 1. The van der Waals surface area contributed by atoms with Crippen LogP contribution in [0.4, 0.5) is 0 Å². The molecule has 0 saturated carbocycles. The SMILES string of the molecule is CC(O)Cc1cc2ccccc2nc1Cl. The summed E-state index contributed by atoms with van der Waals surface area (Å²) in [6.45, 7) is 1.74. The van der Waals surface area contributed by atoms with Gasteiger partial charge in [-0.2, -0.15) is 0 Å². The van der Waals surface area contributed by atoms with Crippen molar-refractivity contribution in [3.8, 4) is 0 Å². The molecule has 0 fully saturated rings. The Labute approximate surface area is 93.5 Å². The van der Waals surface area contributed by atoms with E-state index < -0.39 is 6.10 Å². The van der Waals surface area contributed by atoms with E-state index in [0.717, 1.165) is 16.5 Å². The zero-order chi connectivity index (χ0) is 10.8. The van der Waals surface area contributed by atoms with Gasteiger partial charge in [0.25, 0.3) is 0 Å². The second-order valence-electron chi connectivity index (χ2n) is 3.68. The van der Waals surface area contributed by atoms with Gasteiger partial charge in [-0.25, -0.2) is 4.98 Å². The molecule has 1 heterocycles. The largest absolute Gasteiger partial charge is 0.393 e. The molecule has 1 unspecified atom stereocenters. The lowest BCUT2D eigenvalue weighted by atomic mass is 10.1. The predicted octanol–water partition coefficient (Wildman–Crippen LogP) is 2.81. The van der Waals surface area contributed by atoms with Crippen LogP contribution in [0.15, 0.2) is 30.3 Å². The topological polar surface area (TPSA) is 33.1 Å². The Morgan fingerprint density at radius 2 is 2.13 bits per heavy atom. The van der Waals surface area contributed by atoms with E-state index in [-0.39, 0.29) is 0 Å². The van der Waals surface area contributed by atoms with E-state index in [1.807, 2.05) is 30.3 Å². The fourth-order valence-corrected chi connectivity index (χ4v) is 1.82. The van der Waals surface area contributed by atoms with Gasteiger partial charge >= 0.3 is 0 Å². The summed E-state index contributed by atoms with van der Waals surface area (Å²) in [6.07, 6.45) is 0.141. The van der Waals surface area contributed by atoms with Crippen molar-refractivity contribution in [1.29, 1.82) is 0 Å². The lowest BCUT2D eigenvalue weighted by Gasteiger charge is -2.07. The number of hydrogen-bond acceptors (Lipinski definition) is 2. The van der Waals surface area contributed by atoms with Crippen LogP contribution < -0.4 is 0 Å². The number of benzene rings is 1. The molecule has 1 aromatic heterocycles. The Kier molecular flexibility index (Phi) is 2.89. The summed E-state index contributed by atoms with van der Waals surface area (Å²) in [7, 11) is 0. The lowest BCUT2D eigenvalue weighted by molar-refractivity contribution is 0.195. The van der Waals surface area contributed by atoms with Crippen LogP contribution in [-0.4, -0.2) is 16.2 Å². The summed E-state index contributed by atoms with van der Waals surface area (Å²) >= 11 is 6.03. The van der Waals surface area contributed by atoms with Crippen molar-refractivity contribution >= 4 is 22.5 Å². The smallest absolute Gasteiger partial charge is 0.133 e. The second-order valence-corrected chi connectivity index (χ2v) is 4.04. The van der Waals surface area contributed by atoms with E-state index in [2.05, 4.69) is 4.98 Å². The first-order valence-corrected chi connectivity index (χ1v) is 5.27. The van der Waals surface area contributed by atoms with Crippen molar-refractivity contribution < 1.29 is 5.11 Å². The molecule has 0 spiro atoms. The fourth-order valence-electron chi connectivity index (χ4n) is 1.60. The van der Waals surface area contributed by atoms with Gasteiger partial charge in [0.1, 0.15) is 5.15 Å². The zero-order valence-electron chi connectivity index (χ0n) is 8.44. The third-order valence-corrected chi connectivity index (χ3v) is 2.59. The van der Waals surface area contributed by atoms with Gasteiger partial charge in [0.2, 0.25) is 0 Å². The van der Waals surface area contributed by atoms with E-state index in [1.165, 1.54) is 0 Å². The molecule has 2 aromatic rings. The fraction of sp³-hybridized carbons (Fsp3) is 0.250. The molecule has 0 aliphatic rings. The standard InChI is InChI=1S/C12H12ClNO/c1-8(15)6-10-7-9-4-2-3-5-11(9)14-12(10)13/h2-5,7-8,15H,6H2,1H3. The monoisotopic (exact) mass is 221 g/mol. The number of para-hydroxylation sites is 1. The molecule has 0 saturated heterocycles.